The highest BCUT2D eigenvalue weighted by atomic mass is 35.5. The van der Waals surface area contributed by atoms with Gasteiger partial charge in [0.05, 0.1) is 18.9 Å². The highest BCUT2D eigenvalue weighted by Gasteiger charge is 2.32. The number of aromatic nitrogens is 2. The fourth-order valence-electron chi connectivity index (χ4n) is 2.06. The minimum atomic E-state index is 0.289. The van der Waals surface area contributed by atoms with Gasteiger partial charge in [-0.05, 0) is 6.42 Å². The number of halogens is 1. The number of hydrogen-bond donors (Lipinski definition) is 2. The van der Waals surface area contributed by atoms with Crippen molar-refractivity contribution in [2.45, 2.75) is 39.7 Å². The number of hydrogen-bond acceptors (Lipinski definition) is 3. The van der Waals surface area contributed by atoms with Crippen LogP contribution < -0.4 is 5.32 Å². The van der Waals surface area contributed by atoms with E-state index in [2.05, 4.69) is 29.1 Å². The van der Waals surface area contributed by atoms with E-state index in [9.17, 15) is 0 Å². The van der Waals surface area contributed by atoms with E-state index in [1.165, 1.54) is 6.42 Å². The monoisotopic (exact) mass is 271 g/mol. The Bertz CT molecular complexity index is 388. The van der Waals surface area contributed by atoms with Crippen LogP contribution in [0.2, 0.25) is 5.15 Å². The molecule has 0 atom stereocenters. The molecule has 4 nitrogen and oxygen atoms in total. The van der Waals surface area contributed by atoms with Crippen LogP contribution in [0.4, 0.5) is 0 Å². The first-order valence-electron chi connectivity index (χ1n) is 6.65. The van der Waals surface area contributed by atoms with Gasteiger partial charge in [0.2, 0.25) is 0 Å². The summed E-state index contributed by atoms with van der Waals surface area (Å²) in [6, 6.07) is 0. The Morgan fingerprint density at radius 1 is 1.50 bits per heavy atom. The van der Waals surface area contributed by atoms with Gasteiger partial charge in [0, 0.05) is 24.9 Å². The highest BCUT2D eigenvalue weighted by Crippen LogP contribution is 2.25. The molecule has 0 radical (unpaired) electrons. The number of nitrogens with one attached hydrogen (secondary N) is 2. The lowest BCUT2D eigenvalue weighted by Gasteiger charge is -2.38. The molecule has 1 aliphatic heterocycles. The number of imidazole rings is 1. The molecule has 1 aliphatic rings. The van der Waals surface area contributed by atoms with E-state index in [4.69, 9.17) is 16.3 Å². The van der Waals surface area contributed by atoms with Gasteiger partial charge in [-0.25, -0.2) is 4.98 Å². The lowest BCUT2D eigenvalue weighted by molar-refractivity contribution is -0.0991. The van der Waals surface area contributed by atoms with Crippen LogP contribution >= 0.6 is 11.6 Å². The third-order valence-electron chi connectivity index (χ3n) is 3.30. The summed E-state index contributed by atoms with van der Waals surface area (Å²) in [6.45, 7) is 7.79. The average Bonchev–Trinajstić information content (AvgIpc) is 2.65. The van der Waals surface area contributed by atoms with Gasteiger partial charge in [-0.2, -0.15) is 0 Å². The van der Waals surface area contributed by atoms with Gasteiger partial charge in [0.25, 0.3) is 0 Å². The predicted octanol–water partition coefficient (Wildman–Crippen LogP) is 2.53. The molecule has 1 fully saturated rings. The minimum absolute atomic E-state index is 0.289. The van der Waals surface area contributed by atoms with Crippen molar-refractivity contribution >= 4 is 11.6 Å². The standard InChI is InChI=1S/C13H22ClN3O/c1-3-4-5-11-16-10(12(14)17-11)6-15-7-13(2)8-18-9-13/h15H,3-9H2,1-2H3,(H,16,17). The second-order valence-electron chi connectivity index (χ2n) is 5.46. The molecule has 0 saturated carbocycles. The van der Waals surface area contributed by atoms with Crippen molar-refractivity contribution in [3.8, 4) is 0 Å². The molecule has 18 heavy (non-hydrogen) atoms. The summed E-state index contributed by atoms with van der Waals surface area (Å²) in [6.07, 6.45) is 3.29. The summed E-state index contributed by atoms with van der Waals surface area (Å²) in [5, 5.41) is 4.02. The van der Waals surface area contributed by atoms with E-state index in [0.717, 1.165) is 50.7 Å². The third-order valence-corrected chi connectivity index (χ3v) is 3.61. The second kappa shape index (κ2) is 6.04. The summed E-state index contributed by atoms with van der Waals surface area (Å²) in [5.41, 5.74) is 1.28. The first kappa shape index (κ1) is 13.8. The van der Waals surface area contributed by atoms with Gasteiger partial charge >= 0.3 is 0 Å². The SMILES string of the molecule is CCCCc1nc(Cl)c(CNCC2(C)COC2)[nH]1. The molecule has 102 valence electrons. The van der Waals surface area contributed by atoms with Gasteiger partial charge in [-0.15, -0.1) is 0 Å². The van der Waals surface area contributed by atoms with Crippen LogP contribution in [0.5, 0.6) is 0 Å². The molecule has 0 aromatic carbocycles. The number of ether oxygens (including phenoxy) is 1. The van der Waals surface area contributed by atoms with Gasteiger partial charge in [0.1, 0.15) is 5.82 Å². The minimum Gasteiger partial charge on any atom is -0.380 e. The molecule has 1 aromatic rings. The maximum absolute atomic E-state index is 6.11. The topological polar surface area (TPSA) is 49.9 Å². The van der Waals surface area contributed by atoms with E-state index < -0.39 is 0 Å². The number of aryl methyl sites for hydroxylation is 1. The van der Waals surface area contributed by atoms with Crippen LogP contribution in [0.3, 0.4) is 0 Å². The Morgan fingerprint density at radius 2 is 2.28 bits per heavy atom. The Morgan fingerprint density at radius 3 is 2.89 bits per heavy atom. The molecular formula is C13H22ClN3O. The van der Waals surface area contributed by atoms with Gasteiger partial charge in [-0.1, -0.05) is 31.9 Å². The lowest BCUT2D eigenvalue weighted by Crippen LogP contribution is -2.47. The first-order valence-corrected chi connectivity index (χ1v) is 7.02. The second-order valence-corrected chi connectivity index (χ2v) is 5.82. The zero-order valence-electron chi connectivity index (χ0n) is 11.2. The summed E-state index contributed by atoms with van der Waals surface area (Å²) < 4.78 is 5.23. The van der Waals surface area contributed by atoms with Crippen LogP contribution in [0.1, 0.15) is 38.2 Å². The molecule has 2 N–H and O–H groups in total. The number of unbranched alkanes of at least 4 members (excludes halogenated alkanes) is 1. The Hall–Kier alpha value is -0.580. The number of aromatic amines is 1. The zero-order valence-corrected chi connectivity index (χ0v) is 11.9. The van der Waals surface area contributed by atoms with Crippen molar-refractivity contribution in [1.29, 1.82) is 0 Å². The van der Waals surface area contributed by atoms with Crippen molar-refractivity contribution in [1.82, 2.24) is 15.3 Å². The van der Waals surface area contributed by atoms with Gasteiger partial charge < -0.3 is 15.0 Å². The molecule has 2 heterocycles. The summed E-state index contributed by atoms with van der Waals surface area (Å²) in [7, 11) is 0. The fraction of sp³-hybridized carbons (Fsp3) is 0.769. The Balaban J connectivity index is 1.79. The van der Waals surface area contributed by atoms with Crippen molar-refractivity contribution in [3.05, 3.63) is 16.7 Å². The molecular weight excluding hydrogens is 250 g/mol. The van der Waals surface area contributed by atoms with E-state index in [0.29, 0.717) is 5.15 Å². The average molecular weight is 272 g/mol. The van der Waals surface area contributed by atoms with E-state index >= 15 is 0 Å². The predicted molar refractivity (Wildman–Crippen MR) is 72.8 cm³/mol. The van der Waals surface area contributed by atoms with Crippen LogP contribution in [0.25, 0.3) is 0 Å². The van der Waals surface area contributed by atoms with E-state index in [1.807, 2.05) is 0 Å². The fourth-order valence-corrected chi connectivity index (χ4v) is 2.28. The summed E-state index contributed by atoms with van der Waals surface area (Å²) >= 11 is 6.11. The highest BCUT2D eigenvalue weighted by molar-refractivity contribution is 6.30. The maximum Gasteiger partial charge on any atom is 0.151 e. The quantitative estimate of drug-likeness (QED) is 0.801. The van der Waals surface area contributed by atoms with Crippen LogP contribution in [-0.2, 0) is 17.7 Å². The third kappa shape index (κ3) is 3.46. The normalized spacial score (nSPS) is 17.7. The van der Waals surface area contributed by atoms with Crippen LogP contribution in [-0.4, -0.2) is 29.7 Å². The van der Waals surface area contributed by atoms with Crippen molar-refractivity contribution in [2.24, 2.45) is 5.41 Å². The number of rotatable bonds is 7. The van der Waals surface area contributed by atoms with Crippen molar-refractivity contribution in [2.75, 3.05) is 19.8 Å². The molecule has 0 amide bonds. The van der Waals surface area contributed by atoms with Gasteiger partial charge in [0.15, 0.2) is 5.15 Å². The molecule has 5 heteroatoms. The maximum atomic E-state index is 6.11. The Labute approximate surface area is 113 Å². The lowest BCUT2D eigenvalue weighted by atomic mass is 9.89. The molecule has 2 rings (SSSR count). The molecule has 1 aromatic heterocycles. The summed E-state index contributed by atoms with van der Waals surface area (Å²) in [5.74, 6) is 0.997. The van der Waals surface area contributed by atoms with E-state index in [1.54, 1.807) is 0 Å². The number of nitrogens with zero attached hydrogens (tertiary/aromatic N) is 1. The molecule has 0 bridgehead atoms. The Kier molecular flexibility index (Phi) is 4.65. The summed E-state index contributed by atoms with van der Waals surface area (Å²) in [4.78, 5) is 7.64. The largest absolute Gasteiger partial charge is 0.380 e. The van der Waals surface area contributed by atoms with Crippen molar-refractivity contribution < 1.29 is 4.74 Å². The van der Waals surface area contributed by atoms with Crippen molar-refractivity contribution in [3.63, 3.8) is 0 Å². The first-order chi connectivity index (χ1) is 8.63. The smallest absolute Gasteiger partial charge is 0.151 e. The van der Waals surface area contributed by atoms with E-state index in [-0.39, 0.29) is 5.41 Å². The number of H-pyrrole nitrogens is 1. The van der Waals surface area contributed by atoms with Crippen LogP contribution in [0.15, 0.2) is 0 Å². The molecule has 0 unspecified atom stereocenters. The van der Waals surface area contributed by atoms with Crippen LogP contribution in [0, 0.1) is 5.41 Å². The zero-order chi connectivity index (χ0) is 13.0. The molecule has 0 aliphatic carbocycles. The molecule has 0 spiro atoms. The van der Waals surface area contributed by atoms with Gasteiger partial charge in [-0.3, -0.25) is 0 Å². The molecule has 1 saturated heterocycles.